The number of rotatable bonds is 0. The second-order valence-electron chi connectivity index (χ2n) is 4.60. The molecule has 1 saturated carbocycles. The van der Waals surface area contributed by atoms with Gasteiger partial charge < -0.3 is 11.5 Å². The van der Waals surface area contributed by atoms with E-state index < -0.39 is 0 Å². The summed E-state index contributed by atoms with van der Waals surface area (Å²) in [6, 6.07) is 0.491. The Morgan fingerprint density at radius 3 is 1.10 bits per heavy atom. The molecule has 4 N–H and O–H groups in total. The second kappa shape index (κ2) is 1.74. The van der Waals surface area contributed by atoms with E-state index >= 15 is 0 Å². The monoisotopic (exact) mass is 142 g/mol. The van der Waals surface area contributed by atoms with Gasteiger partial charge in [-0.3, -0.25) is 0 Å². The van der Waals surface area contributed by atoms with Crippen LogP contribution in [-0.4, -0.2) is 12.1 Å². The summed E-state index contributed by atoms with van der Waals surface area (Å²) in [6.45, 7) is 8.53. The zero-order chi connectivity index (χ0) is 8.15. The first-order chi connectivity index (χ1) is 4.31. The lowest BCUT2D eigenvalue weighted by Crippen LogP contribution is -2.74. The predicted molar refractivity (Wildman–Crippen MR) is 43.5 cm³/mol. The van der Waals surface area contributed by atoms with E-state index in [2.05, 4.69) is 27.7 Å². The highest BCUT2D eigenvalue weighted by atomic mass is 14.9. The van der Waals surface area contributed by atoms with Crippen LogP contribution in [0.1, 0.15) is 27.7 Å². The lowest BCUT2D eigenvalue weighted by molar-refractivity contribution is -0.0500. The molecule has 0 spiro atoms. The normalized spacial score (nSPS) is 42.6. The van der Waals surface area contributed by atoms with Crippen LogP contribution in [-0.2, 0) is 0 Å². The SMILES string of the molecule is CC1(C)C(N)C(C)(C)C1N. The summed E-state index contributed by atoms with van der Waals surface area (Å²) in [7, 11) is 0. The Bertz CT molecular complexity index is 119. The van der Waals surface area contributed by atoms with Gasteiger partial charge in [-0.1, -0.05) is 27.7 Å². The molecule has 0 unspecified atom stereocenters. The molecule has 1 fully saturated rings. The van der Waals surface area contributed by atoms with E-state index in [1.165, 1.54) is 0 Å². The number of hydrogen-bond acceptors (Lipinski definition) is 2. The van der Waals surface area contributed by atoms with Crippen molar-refractivity contribution < 1.29 is 0 Å². The number of hydrogen-bond donors (Lipinski definition) is 2. The molecular weight excluding hydrogens is 124 g/mol. The predicted octanol–water partition coefficient (Wildman–Crippen LogP) is 0.707. The number of nitrogens with two attached hydrogens (primary N) is 2. The molecule has 2 nitrogen and oxygen atoms in total. The topological polar surface area (TPSA) is 52.0 Å². The maximum atomic E-state index is 5.94. The fourth-order valence-corrected chi connectivity index (χ4v) is 2.21. The molecule has 0 atom stereocenters. The van der Waals surface area contributed by atoms with Crippen LogP contribution >= 0.6 is 0 Å². The Kier molecular flexibility index (Phi) is 1.40. The van der Waals surface area contributed by atoms with Crippen LogP contribution in [0.15, 0.2) is 0 Å². The van der Waals surface area contributed by atoms with Gasteiger partial charge in [0, 0.05) is 12.1 Å². The summed E-state index contributed by atoms with van der Waals surface area (Å²) in [5.74, 6) is 0. The summed E-state index contributed by atoms with van der Waals surface area (Å²) in [5.41, 5.74) is 12.1. The van der Waals surface area contributed by atoms with E-state index in [-0.39, 0.29) is 22.9 Å². The molecule has 1 aliphatic rings. The fraction of sp³-hybridized carbons (Fsp3) is 1.00. The second-order valence-corrected chi connectivity index (χ2v) is 4.60. The van der Waals surface area contributed by atoms with Gasteiger partial charge in [0.25, 0.3) is 0 Å². The van der Waals surface area contributed by atoms with Crippen molar-refractivity contribution in [2.45, 2.75) is 39.8 Å². The average Bonchev–Trinajstić information content (AvgIpc) is 1.84. The lowest BCUT2D eigenvalue weighted by atomic mass is 9.49. The quantitative estimate of drug-likeness (QED) is 0.523. The van der Waals surface area contributed by atoms with Crippen molar-refractivity contribution in [3.63, 3.8) is 0 Å². The van der Waals surface area contributed by atoms with Gasteiger partial charge in [0.2, 0.25) is 0 Å². The molecule has 60 valence electrons. The zero-order valence-corrected chi connectivity index (χ0v) is 7.31. The molecule has 1 rings (SSSR count). The van der Waals surface area contributed by atoms with E-state index in [0.717, 1.165) is 0 Å². The smallest absolute Gasteiger partial charge is 0.0172 e. The molecule has 0 saturated heterocycles. The van der Waals surface area contributed by atoms with Crippen molar-refractivity contribution in [2.75, 3.05) is 0 Å². The molecule has 0 aromatic carbocycles. The lowest BCUT2D eigenvalue weighted by Gasteiger charge is -2.61. The molecule has 0 bridgehead atoms. The Morgan fingerprint density at radius 2 is 1.00 bits per heavy atom. The van der Waals surface area contributed by atoms with Gasteiger partial charge >= 0.3 is 0 Å². The minimum atomic E-state index is 0.128. The third-order valence-electron chi connectivity index (χ3n) is 3.21. The maximum Gasteiger partial charge on any atom is 0.0172 e. The highest BCUT2D eigenvalue weighted by Gasteiger charge is 2.57. The maximum absolute atomic E-state index is 5.94. The highest BCUT2D eigenvalue weighted by molar-refractivity contribution is 5.14. The van der Waals surface area contributed by atoms with Gasteiger partial charge in [-0.05, 0) is 10.8 Å². The summed E-state index contributed by atoms with van der Waals surface area (Å²) >= 11 is 0. The van der Waals surface area contributed by atoms with Gasteiger partial charge in [0.05, 0.1) is 0 Å². The Labute approximate surface area is 63.0 Å². The van der Waals surface area contributed by atoms with Crippen molar-refractivity contribution in [3.05, 3.63) is 0 Å². The summed E-state index contributed by atoms with van der Waals surface area (Å²) < 4.78 is 0. The summed E-state index contributed by atoms with van der Waals surface area (Å²) in [4.78, 5) is 0. The minimum absolute atomic E-state index is 0.128. The van der Waals surface area contributed by atoms with Crippen LogP contribution in [0.2, 0.25) is 0 Å². The molecular formula is C8H18N2. The molecule has 0 heterocycles. The largest absolute Gasteiger partial charge is 0.327 e. The Hall–Kier alpha value is -0.0800. The van der Waals surface area contributed by atoms with Gasteiger partial charge in [-0.15, -0.1) is 0 Å². The van der Waals surface area contributed by atoms with E-state index in [9.17, 15) is 0 Å². The first kappa shape index (κ1) is 8.02. The van der Waals surface area contributed by atoms with Crippen LogP contribution in [0.5, 0.6) is 0 Å². The zero-order valence-electron chi connectivity index (χ0n) is 7.31. The van der Waals surface area contributed by atoms with Crippen molar-refractivity contribution in [3.8, 4) is 0 Å². The minimum Gasteiger partial charge on any atom is -0.327 e. The Morgan fingerprint density at radius 1 is 0.800 bits per heavy atom. The summed E-state index contributed by atoms with van der Waals surface area (Å²) in [5, 5.41) is 0. The highest BCUT2D eigenvalue weighted by Crippen LogP contribution is 2.51. The van der Waals surface area contributed by atoms with E-state index in [1.54, 1.807) is 0 Å². The third kappa shape index (κ3) is 0.663. The molecule has 0 aliphatic heterocycles. The van der Waals surface area contributed by atoms with Crippen molar-refractivity contribution in [2.24, 2.45) is 22.3 Å². The molecule has 0 amide bonds. The van der Waals surface area contributed by atoms with Crippen LogP contribution in [0.25, 0.3) is 0 Å². The average molecular weight is 142 g/mol. The van der Waals surface area contributed by atoms with Crippen LogP contribution in [0.4, 0.5) is 0 Å². The molecule has 0 aromatic rings. The van der Waals surface area contributed by atoms with Gasteiger partial charge in [-0.2, -0.15) is 0 Å². The first-order valence-corrected chi connectivity index (χ1v) is 3.82. The molecule has 0 radical (unpaired) electrons. The summed E-state index contributed by atoms with van der Waals surface area (Å²) in [6.07, 6.45) is 0. The third-order valence-corrected chi connectivity index (χ3v) is 3.21. The standard InChI is InChI=1S/C8H18N2/c1-7(2)5(9)8(3,4)6(7)10/h5-6H,9-10H2,1-4H3. The molecule has 2 heteroatoms. The van der Waals surface area contributed by atoms with Crippen LogP contribution < -0.4 is 11.5 Å². The van der Waals surface area contributed by atoms with Gasteiger partial charge in [0.1, 0.15) is 0 Å². The van der Waals surface area contributed by atoms with E-state index in [0.29, 0.717) is 0 Å². The molecule has 1 aliphatic carbocycles. The van der Waals surface area contributed by atoms with Gasteiger partial charge in [0.15, 0.2) is 0 Å². The first-order valence-electron chi connectivity index (χ1n) is 3.82. The van der Waals surface area contributed by atoms with Crippen molar-refractivity contribution in [1.82, 2.24) is 0 Å². The Balaban J connectivity index is 2.78. The van der Waals surface area contributed by atoms with Gasteiger partial charge in [-0.25, -0.2) is 0 Å². The molecule has 0 aromatic heterocycles. The van der Waals surface area contributed by atoms with Crippen LogP contribution in [0.3, 0.4) is 0 Å². The van der Waals surface area contributed by atoms with Crippen LogP contribution in [0, 0.1) is 10.8 Å². The van der Waals surface area contributed by atoms with E-state index in [4.69, 9.17) is 11.5 Å². The molecule has 10 heavy (non-hydrogen) atoms. The fourth-order valence-electron chi connectivity index (χ4n) is 2.21. The van der Waals surface area contributed by atoms with E-state index in [1.807, 2.05) is 0 Å². The van der Waals surface area contributed by atoms with Crippen molar-refractivity contribution >= 4 is 0 Å². The van der Waals surface area contributed by atoms with Crippen molar-refractivity contribution in [1.29, 1.82) is 0 Å².